The lowest BCUT2D eigenvalue weighted by atomic mass is 10.1. The van der Waals surface area contributed by atoms with Gasteiger partial charge in [0.2, 0.25) is 0 Å². The summed E-state index contributed by atoms with van der Waals surface area (Å²) in [5.74, 6) is -0.971. The monoisotopic (exact) mass is 233 g/mol. The van der Waals surface area contributed by atoms with E-state index in [1.165, 1.54) is 11.3 Å². The number of aromatic nitrogens is 1. The maximum atomic E-state index is 11.0. The highest BCUT2D eigenvalue weighted by molar-refractivity contribution is 7.15. The lowest BCUT2D eigenvalue weighted by Gasteiger charge is -2.00. The Bertz CT molecular complexity index is 546. The normalized spacial score (nSPS) is 10.4. The summed E-state index contributed by atoms with van der Waals surface area (Å²) in [5.41, 5.74) is 2.18. The molecule has 0 amide bonds. The summed E-state index contributed by atoms with van der Waals surface area (Å²) in [6, 6.07) is 7.79. The average molecular weight is 233 g/mol. The van der Waals surface area contributed by atoms with E-state index in [1.54, 1.807) is 0 Å². The van der Waals surface area contributed by atoms with Gasteiger partial charge in [-0.25, -0.2) is 9.78 Å². The highest BCUT2D eigenvalue weighted by Crippen LogP contribution is 2.30. The summed E-state index contributed by atoms with van der Waals surface area (Å²) in [6.45, 7) is 3.80. The van der Waals surface area contributed by atoms with Gasteiger partial charge in [0, 0.05) is 0 Å². The van der Waals surface area contributed by atoms with Crippen LogP contribution in [-0.2, 0) is 0 Å². The number of benzene rings is 1. The third-order valence-corrected chi connectivity index (χ3v) is 3.24. The predicted octanol–water partition coefficient (Wildman–Crippen LogP) is 3.13. The molecule has 0 radical (unpaired) electrons. The molecular weight excluding hydrogens is 222 g/mol. The minimum Gasteiger partial charge on any atom is -0.476 e. The number of carboxylic acid groups (broad SMARTS) is 1. The third kappa shape index (κ3) is 1.97. The SMILES string of the molecule is Cc1cccc(-c2sc(C)nc2C(=O)O)c1. The number of hydrogen-bond donors (Lipinski definition) is 1. The topological polar surface area (TPSA) is 50.2 Å². The largest absolute Gasteiger partial charge is 0.476 e. The minimum atomic E-state index is -0.971. The van der Waals surface area contributed by atoms with Crippen molar-refractivity contribution in [3.8, 4) is 10.4 Å². The van der Waals surface area contributed by atoms with Gasteiger partial charge >= 0.3 is 5.97 Å². The van der Waals surface area contributed by atoms with E-state index in [1.807, 2.05) is 38.1 Å². The van der Waals surface area contributed by atoms with Crippen LogP contribution in [0.5, 0.6) is 0 Å². The molecule has 0 bridgehead atoms. The summed E-state index contributed by atoms with van der Waals surface area (Å²) in [5, 5.41) is 9.83. The molecule has 2 rings (SSSR count). The van der Waals surface area contributed by atoms with Gasteiger partial charge in [0.05, 0.1) is 9.88 Å². The molecule has 2 aromatic rings. The second kappa shape index (κ2) is 4.06. The molecule has 0 aliphatic heterocycles. The Balaban J connectivity index is 2.59. The van der Waals surface area contributed by atoms with Gasteiger partial charge in [0.25, 0.3) is 0 Å². The smallest absolute Gasteiger partial charge is 0.356 e. The Kier molecular flexibility index (Phi) is 2.75. The van der Waals surface area contributed by atoms with Crippen LogP contribution in [0.1, 0.15) is 21.1 Å². The van der Waals surface area contributed by atoms with E-state index in [-0.39, 0.29) is 5.69 Å². The lowest BCUT2D eigenvalue weighted by molar-refractivity contribution is 0.0692. The summed E-state index contributed by atoms with van der Waals surface area (Å²) in [7, 11) is 0. The zero-order valence-corrected chi connectivity index (χ0v) is 9.84. The van der Waals surface area contributed by atoms with Crippen LogP contribution in [0.25, 0.3) is 10.4 Å². The minimum absolute atomic E-state index is 0.146. The zero-order chi connectivity index (χ0) is 11.7. The summed E-state index contributed by atoms with van der Waals surface area (Å²) < 4.78 is 0. The molecule has 0 spiro atoms. The van der Waals surface area contributed by atoms with E-state index in [0.29, 0.717) is 0 Å². The molecule has 0 unspecified atom stereocenters. The van der Waals surface area contributed by atoms with E-state index < -0.39 is 5.97 Å². The van der Waals surface area contributed by atoms with Crippen LogP contribution >= 0.6 is 11.3 Å². The van der Waals surface area contributed by atoms with Crippen molar-refractivity contribution >= 4 is 17.3 Å². The molecule has 1 N–H and O–H groups in total. The molecule has 1 heterocycles. The second-order valence-electron chi connectivity index (χ2n) is 3.59. The van der Waals surface area contributed by atoms with Gasteiger partial charge < -0.3 is 5.11 Å². The maximum absolute atomic E-state index is 11.0. The first-order valence-electron chi connectivity index (χ1n) is 4.85. The van der Waals surface area contributed by atoms with Gasteiger partial charge in [-0.05, 0) is 19.4 Å². The molecular formula is C12H11NO2S. The van der Waals surface area contributed by atoms with Gasteiger partial charge in [0.15, 0.2) is 5.69 Å². The van der Waals surface area contributed by atoms with Crippen LogP contribution in [0, 0.1) is 13.8 Å². The van der Waals surface area contributed by atoms with E-state index in [9.17, 15) is 4.79 Å². The Morgan fingerprint density at radius 3 is 2.75 bits per heavy atom. The molecule has 0 aliphatic rings. The van der Waals surface area contributed by atoms with E-state index in [2.05, 4.69) is 4.98 Å². The number of carbonyl (C=O) groups is 1. The molecule has 0 saturated carbocycles. The molecule has 4 heteroatoms. The van der Waals surface area contributed by atoms with Gasteiger partial charge in [-0.2, -0.15) is 0 Å². The van der Waals surface area contributed by atoms with Crippen molar-refractivity contribution in [2.75, 3.05) is 0 Å². The maximum Gasteiger partial charge on any atom is 0.356 e. The number of aromatic carboxylic acids is 1. The molecule has 82 valence electrons. The van der Waals surface area contributed by atoms with Gasteiger partial charge in [-0.3, -0.25) is 0 Å². The standard InChI is InChI=1S/C12H11NO2S/c1-7-4-3-5-9(6-7)11-10(12(14)15)13-8(2)16-11/h3-6H,1-2H3,(H,14,15). The molecule has 16 heavy (non-hydrogen) atoms. The fourth-order valence-electron chi connectivity index (χ4n) is 1.55. The first-order valence-corrected chi connectivity index (χ1v) is 5.67. The Labute approximate surface area is 97.4 Å². The van der Waals surface area contributed by atoms with Crippen LogP contribution in [0.3, 0.4) is 0 Å². The summed E-state index contributed by atoms with van der Waals surface area (Å²) in [4.78, 5) is 15.8. The fraction of sp³-hybridized carbons (Fsp3) is 0.167. The Morgan fingerprint density at radius 2 is 2.12 bits per heavy atom. The number of thiazole rings is 1. The van der Waals surface area contributed by atoms with Gasteiger partial charge in [-0.1, -0.05) is 29.8 Å². The van der Waals surface area contributed by atoms with E-state index in [0.717, 1.165) is 21.0 Å². The van der Waals surface area contributed by atoms with Gasteiger partial charge in [0.1, 0.15) is 0 Å². The molecule has 1 aromatic heterocycles. The predicted molar refractivity (Wildman–Crippen MR) is 64.0 cm³/mol. The van der Waals surface area contributed by atoms with Crippen LogP contribution in [-0.4, -0.2) is 16.1 Å². The van der Waals surface area contributed by atoms with Crippen molar-refractivity contribution in [2.45, 2.75) is 13.8 Å². The Hall–Kier alpha value is -1.68. The number of carboxylic acids is 1. The van der Waals surface area contributed by atoms with Crippen LogP contribution in [0.15, 0.2) is 24.3 Å². The fourth-order valence-corrected chi connectivity index (χ4v) is 2.46. The molecule has 0 atom stereocenters. The number of hydrogen-bond acceptors (Lipinski definition) is 3. The third-order valence-electron chi connectivity index (χ3n) is 2.22. The van der Waals surface area contributed by atoms with E-state index >= 15 is 0 Å². The van der Waals surface area contributed by atoms with Crippen molar-refractivity contribution in [3.05, 3.63) is 40.5 Å². The van der Waals surface area contributed by atoms with Crippen molar-refractivity contribution in [1.29, 1.82) is 0 Å². The highest BCUT2D eigenvalue weighted by Gasteiger charge is 2.16. The van der Waals surface area contributed by atoms with Crippen molar-refractivity contribution < 1.29 is 9.90 Å². The molecule has 0 aliphatic carbocycles. The van der Waals surface area contributed by atoms with Crippen molar-refractivity contribution in [1.82, 2.24) is 4.98 Å². The molecule has 3 nitrogen and oxygen atoms in total. The molecule has 0 saturated heterocycles. The first kappa shape index (κ1) is 10.8. The lowest BCUT2D eigenvalue weighted by Crippen LogP contribution is -1.98. The highest BCUT2D eigenvalue weighted by atomic mass is 32.1. The Morgan fingerprint density at radius 1 is 1.38 bits per heavy atom. The van der Waals surface area contributed by atoms with Crippen LogP contribution < -0.4 is 0 Å². The number of rotatable bonds is 2. The van der Waals surface area contributed by atoms with Crippen LogP contribution in [0.2, 0.25) is 0 Å². The second-order valence-corrected chi connectivity index (χ2v) is 4.79. The average Bonchev–Trinajstić information content (AvgIpc) is 2.60. The zero-order valence-electron chi connectivity index (χ0n) is 9.02. The van der Waals surface area contributed by atoms with E-state index in [4.69, 9.17) is 5.11 Å². The van der Waals surface area contributed by atoms with Crippen LogP contribution in [0.4, 0.5) is 0 Å². The number of aryl methyl sites for hydroxylation is 2. The number of nitrogens with zero attached hydrogens (tertiary/aromatic N) is 1. The molecule has 0 fully saturated rings. The summed E-state index contributed by atoms with van der Waals surface area (Å²) >= 11 is 1.41. The molecule has 1 aromatic carbocycles. The summed E-state index contributed by atoms with van der Waals surface area (Å²) in [6.07, 6.45) is 0. The van der Waals surface area contributed by atoms with Gasteiger partial charge in [-0.15, -0.1) is 11.3 Å². The van der Waals surface area contributed by atoms with Crippen molar-refractivity contribution in [3.63, 3.8) is 0 Å². The van der Waals surface area contributed by atoms with Crippen molar-refractivity contribution in [2.24, 2.45) is 0 Å². The first-order chi connectivity index (χ1) is 7.58. The quantitative estimate of drug-likeness (QED) is 0.867.